The molecule has 2 aromatic rings. The van der Waals surface area contributed by atoms with Gasteiger partial charge in [0, 0.05) is 51.4 Å². The quantitative estimate of drug-likeness (QED) is 0.908. The molecule has 4 rings (SSSR count). The van der Waals surface area contributed by atoms with Gasteiger partial charge in [0.05, 0.1) is 5.69 Å². The normalized spacial score (nSPS) is 21.7. The van der Waals surface area contributed by atoms with Gasteiger partial charge in [-0.1, -0.05) is 12.8 Å². The van der Waals surface area contributed by atoms with Crippen LogP contribution in [-0.4, -0.2) is 47.6 Å². The second-order valence-corrected chi connectivity index (χ2v) is 7.08. The van der Waals surface area contributed by atoms with Crippen LogP contribution in [0.15, 0.2) is 12.5 Å². The molecule has 7 heteroatoms. The highest BCUT2D eigenvalue weighted by Gasteiger charge is 2.46. The minimum absolute atomic E-state index is 0.596. The van der Waals surface area contributed by atoms with Crippen LogP contribution in [0.2, 0.25) is 0 Å². The zero-order chi connectivity index (χ0) is 16.0. The zero-order valence-corrected chi connectivity index (χ0v) is 13.8. The molecule has 2 aromatic heterocycles. The molecule has 124 valence electrons. The van der Waals surface area contributed by atoms with Gasteiger partial charge in [-0.05, 0) is 12.8 Å². The summed E-state index contributed by atoms with van der Waals surface area (Å²) in [6, 6.07) is 0. The van der Waals surface area contributed by atoms with Gasteiger partial charge in [0.1, 0.15) is 11.9 Å². The Hall–Kier alpha value is -1.73. The number of nitrogens with zero attached hydrogens (tertiary/aromatic N) is 6. The van der Waals surface area contributed by atoms with Gasteiger partial charge in [0.15, 0.2) is 5.82 Å². The SMILES string of the molecule is Cn1cc(CN2CC(O)(c3ncnn3C)C2)c(C2CCCC2)n1. The molecule has 0 amide bonds. The Labute approximate surface area is 135 Å². The molecule has 0 bridgehead atoms. The van der Waals surface area contributed by atoms with Gasteiger partial charge in [-0.3, -0.25) is 14.3 Å². The number of β-amino-alcohol motifs (C(OH)–C–C–N with tert-alkyl or cyclic N) is 1. The fourth-order valence-corrected chi connectivity index (χ4v) is 4.12. The van der Waals surface area contributed by atoms with Gasteiger partial charge < -0.3 is 5.11 Å². The summed E-state index contributed by atoms with van der Waals surface area (Å²) < 4.78 is 3.59. The first-order valence-corrected chi connectivity index (χ1v) is 8.37. The smallest absolute Gasteiger partial charge is 0.161 e. The fraction of sp³-hybridized carbons (Fsp3) is 0.688. The Kier molecular flexibility index (Phi) is 3.50. The maximum atomic E-state index is 10.7. The Morgan fingerprint density at radius 1 is 1.26 bits per heavy atom. The Morgan fingerprint density at radius 3 is 2.65 bits per heavy atom. The summed E-state index contributed by atoms with van der Waals surface area (Å²) in [4.78, 5) is 6.45. The van der Waals surface area contributed by atoms with Gasteiger partial charge in [-0.15, -0.1) is 0 Å². The maximum Gasteiger partial charge on any atom is 0.161 e. The third-order valence-corrected chi connectivity index (χ3v) is 5.17. The zero-order valence-electron chi connectivity index (χ0n) is 13.8. The van der Waals surface area contributed by atoms with E-state index in [1.54, 1.807) is 4.68 Å². The summed E-state index contributed by atoms with van der Waals surface area (Å²) in [6.45, 7) is 2.04. The maximum absolute atomic E-state index is 10.7. The van der Waals surface area contributed by atoms with E-state index in [1.807, 2.05) is 18.8 Å². The van der Waals surface area contributed by atoms with Crippen LogP contribution in [0.5, 0.6) is 0 Å². The molecule has 1 saturated carbocycles. The number of hydrogen-bond acceptors (Lipinski definition) is 5. The molecule has 7 nitrogen and oxygen atoms in total. The van der Waals surface area contributed by atoms with E-state index in [1.165, 1.54) is 43.3 Å². The monoisotopic (exact) mass is 316 g/mol. The summed E-state index contributed by atoms with van der Waals surface area (Å²) in [5.41, 5.74) is 1.69. The predicted octanol–water partition coefficient (Wildman–Crippen LogP) is 0.910. The van der Waals surface area contributed by atoms with Gasteiger partial charge in [0.2, 0.25) is 0 Å². The van der Waals surface area contributed by atoms with E-state index in [9.17, 15) is 5.11 Å². The van der Waals surface area contributed by atoms with Crippen molar-refractivity contribution < 1.29 is 5.11 Å². The van der Waals surface area contributed by atoms with Crippen LogP contribution in [-0.2, 0) is 26.2 Å². The lowest BCUT2D eigenvalue weighted by Gasteiger charge is -2.45. The Balaban J connectivity index is 1.46. The predicted molar refractivity (Wildman–Crippen MR) is 84.6 cm³/mol. The minimum Gasteiger partial charge on any atom is -0.379 e. The van der Waals surface area contributed by atoms with E-state index in [2.05, 4.69) is 21.2 Å². The Bertz CT molecular complexity index is 693. The van der Waals surface area contributed by atoms with Crippen molar-refractivity contribution in [2.45, 2.75) is 43.7 Å². The summed E-state index contributed by atoms with van der Waals surface area (Å²) in [6.07, 6.45) is 8.77. The topological polar surface area (TPSA) is 72.0 Å². The van der Waals surface area contributed by atoms with E-state index >= 15 is 0 Å². The number of hydrogen-bond donors (Lipinski definition) is 1. The van der Waals surface area contributed by atoms with E-state index in [0.717, 1.165) is 6.54 Å². The van der Waals surface area contributed by atoms with Gasteiger partial charge in [-0.2, -0.15) is 10.2 Å². The van der Waals surface area contributed by atoms with E-state index in [4.69, 9.17) is 5.10 Å². The molecule has 2 fully saturated rings. The van der Waals surface area contributed by atoms with Crippen LogP contribution in [0.3, 0.4) is 0 Å². The van der Waals surface area contributed by atoms with Gasteiger partial charge in [-0.25, -0.2) is 4.98 Å². The third-order valence-electron chi connectivity index (χ3n) is 5.17. The molecule has 0 atom stereocenters. The van der Waals surface area contributed by atoms with E-state index < -0.39 is 5.60 Å². The number of rotatable bonds is 4. The van der Waals surface area contributed by atoms with Gasteiger partial charge >= 0.3 is 0 Å². The van der Waals surface area contributed by atoms with Gasteiger partial charge in [0.25, 0.3) is 0 Å². The number of aryl methyl sites for hydroxylation is 2. The molecule has 1 aliphatic carbocycles. The molecule has 0 radical (unpaired) electrons. The van der Waals surface area contributed by atoms with Crippen molar-refractivity contribution in [1.82, 2.24) is 29.4 Å². The Morgan fingerprint density at radius 2 is 2.00 bits per heavy atom. The third kappa shape index (κ3) is 2.57. The van der Waals surface area contributed by atoms with Crippen LogP contribution in [0.25, 0.3) is 0 Å². The lowest BCUT2D eigenvalue weighted by molar-refractivity contribution is -0.115. The van der Waals surface area contributed by atoms with Crippen molar-refractivity contribution in [3.05, 3.63) is 29.6 Å². The number of likely N-dealkylation sites (tertiary alicyclic amines) is 1. The molecule has 0 unspecified atom stereocenters. The molecule has 3 heterocycles. The van der Waals surface area contributed by atoms with E-state index in [0.29, 0.717) is 24.8 Å². The van der Waals surface area contributed by atoms with Crippen LogP contribution < -0.4 is 0 Å². The van der Waals surface area contributed by atoms with Crippen molar-refractivity contribution in [2.75, 3.05) is 13.1 Å². The highest BCUT2D eigenvalue weighted by molar-refractivity contribution is 5.23. The molecule has 1 saturated heterocycles. The standard InChI is InChI=1S/C16H24N6O/c1-20-7-13(14(19-20)12-5-3-4-6-12)8-22-9-16(23,10-22)15-17-11-18-21(15)2/h7,11-12,23H,3-6,8-10H2,1-2H3. The first-order chi connectivity index (χ1) is 11.0. The number of aromatic nitrogens is 5. The van der Waals surface area contributed by atoms with E-state index in [-0.39, 0.29) is 0 Å². The molecule has 23 heavy (non-hydrogen) atoms. The average Bonchev–Trinajstić information content (AvgIpc) is 3.17. The van der Waals surface area contributed by atoms with Crippen LogP contribution >= 0.6 is 0 Å². The van der Waals surface area contributed by atoms with Crippen LogP contribution in [0.4, 0.5) is 0 Å². The molecule has 1 aliphatic heterocycles. The van der Waals surface area contributed by atoms with Crippen molar-refractivity contribution >= 4 is 0 Å². The van der Waals surface area contributed by atoms with Crippen molar-refractivity contribution in [1.29, 1.82) is 0 Å². The summed E-state index contributed by atoms with van der Waals surface area (Å²) in [5.74, 6) is 1.26. The highest BCUT2D eigenvalue weighted by atomic mass is 16.3. The lowest BCUT2D eigenvalue weighted by atomic mass is 9.91. The molecule has 1 N–H and O–H groups in total. The molecular formula is C16H24N6O. The van der Waals surface area contributed by atoms with Crippen molar-refractivity contribution in [3.63, 3.8) is 0 Å². The molecule has 0 aromatic carbocycles. The highest BCUT2D eigenvalue weighted by Crippen LogP contribution is 2.37. The molecule has 2 aliphatic rings. The number of aliphatic hydroxyl groups is 1. The largest absolute Gasteiger partial charge is 0.379 e. The van der Waals surface area contributed by atoms with Crippen LogP contribution in [0, 0.1) is 0 Å². The average molecular weight is 316 g/mol. The first kappa shape index (κ1) is 14.8. The fourth-order valence-electron chi connectivity index (χ4n) is 4.12. The second kappa shape index (κ2) is 5.42. The summed E-state index contributed by atoms with van der Waals surface area (Å²) in [7, 11) is 3.82. The summed E-state index contributed by atoms with van der Waals surface area (Å²) in [5, 5.41) is 19.5. The molecular weight excluding hydrogens is 292 g/mol. The van der Waals surface area contributed by atoms with Crippen molar-refractivity contribution in [3.8, 4) is 0 Å². The first-order valence-electron chi connectivity index (χ1n) is 8.37. The van der Waals surface area contributed by atoms with Crippen molar-refractivity contribution in [2.24, 2.45) is 14.1 Å². The lowest BCUT2D eigenvalue weighted by Crippen LogP contribution is -2.59. The summed E-state index contributed by atoms with van der Waals surface area (Å²) >= 11 is 0. The second-order valence-electron chi connectivity index (χ2n) is 7.08. The minimum atomic E-state index is -0.874. The van der Waals surface area contributed by atoms with Crippen LogP contribution in [0.1, 0.15) is 48.7 Å². The molecule has 0 spiro atoms.